The normalized spacial score (nSPS) is 28.4. The zero-order valence-corrected chi connectivity index (χ0v) is 11.8. The number of nitrogens with one attached hydrogen (secondary N) is 1. The van der Waals surface area contributed by atoms with Crippen molar-refractivity contribution in [1.82, 2.24) is 4.98 Å². The lowest BCUT2D eigenvalue weighted by Gasteiger charge is -2.33. The van der Waals surface area contributed by atoms with Gasteiger partial charge in [-0.15, -0.1) is 11.3 Å². The third-order valence-corrected chi connectivity index (χ3v) is 5.09. The molecule has 0 aliphatic heterocycles. The molecule has 18 heavy (non-hydrogen) atoms. The first-order valence-corrected chi connectivity index (χ1v) is 7.70. The van der Waals surface area contributed by atoms with Crippen molar-refractivity contribution in [3.05, 3.63) is 23.7 Å². The van der Waals surface area contributed by atoms with Crippen molar-refractivity contribution >= 4 is 27.2 Å². The first-order valence-electron chi connectivity index (χ1n) is 6.82. The second-order valence-corrected chi connectivity index (χ2v) is 6.53. The van der Waals surface area contributed by atoms with E-state index in [0.29, 0.717) is 6.04 Å². The van der Waals surface area contributed by atoms with Crippen LogP contribution in [0.5, 0.6) is 0 Å². The molecule has 96 valence electrons. The van der Waals surface area contributed by atoms with Gasteiger partial charge in [-0.25, -0.2) is 4.98 Å². The van der Waals surface area contributed by atoms with Gasteiger partial charge >= 0.3 is 0 Å². The quantitative estimate of drug-likeness (QED) is 0.858. The molecule has 3 unspecified atom stereocenters. The van der Waals surface area contributed by atoms with E-state index >= 15 is 0 Å². The fourth-order valence-corrected chi connectivity index (χ4v) is 3.58. The average Bonchev–Trinajstić information content (AvgIpc) is 2.81. The van der Waals surface area contributed by atoms with E-state index in [0.717, 1.165) is 17.4 Å². The van der Waals surface area contributed by atoms with Crippen molar-refractivity contribution in [2.75, 3.05) is 5.32 Å². The molecule has 2 nitrogen and oxygen atoms in total. The summed E-state index contributed by atoms with van der Waals surface area (Å²) in [6, 6.07) is 7.14. The minimum atomic E-state index is 0.640. The van der Waals surface area contributed by atoms with E-state index < -0.39 is 0 Å². The predicted octanol–water partition coefficient (Wildman–Crippen LogP) is 4.53. The minimum Gasteiger partial charge on any atom is -0.382 e. The maximum atomic E-state index is 4.32. The van der Waals surface area contributed by atoms with Crippen molar-refractivity contribution in [3.63, 3.8) is 0 Å². The molecule has 0 amide bonds. The van der Waals surface area contributed by atoms with Gasteiger partial charge < -0.3 is 5.32 Å². The van der Waals surface area contributed by atoms with Crippen LogP contribution in [0.2, 0.25) is 0 Å². The molecular weight excluding hydrogens is 240 g/mol. The van der Waals surface area contributed by atoms with Crippen molar-refractivity contribution in [2.24, 2.45) is 11.8 Å². The van der Waals surface area contributed by atoms with Gasteiger partial charge in [0.05, 0.1) is 15.7 Å². The molecule has 0 bridgehead atoms. The van der Waals surface area contributed by atoms with Crippen molar-refractivity contribution in [2.45, 2.75) is 39.2 Å². The first-order chi connectivity index (χ1) is 8.72. The number of rotatable bonds is 2. The van der Waals surface area contributed by atoms with Gasteiger partial charge in [-0.3, -0.25) is 0 Å². The molecule has 1 saturated carbocycles. The van der Waals surface area contributed by atoms with E-state index in [1.807, 2.05) is 5.51 Å². The maximum absolute atomic E-state index is 4.32. The largest absolute Gasteiger partial charge is 0.382 e. The van der Waals surface area contributed by atoms with Crippen LogP contribution in [0, 0.1) is 11.8 Å². The van der Waals surface area contributed by atoms with E-state index in [1.54, 1.807) is 11.3 Å². The predicted molar refractivity (Wildman–Crippen MR) is 79.2 cm³/mol. The van der Waals surface area contributed by atoms with Crippen LogP contribution in [0.3, 0.4) is 0 Å². The first kappa shape index (κ1) is 12.0. The number of aromatic nitrogens is 1. The second-order valence-electron chi connectivity index (χ2n) is 5.64. The highest BCUT2D eigenvalue weighted by atomic mass is 32.1. The molecule has 1 N–H and O–H groups in total. The highest BCUT2D eigenvalue weighted by Crippen LogP contribution is 2.31. The summed E-state index contributed by atoms with van der Waals surface area (Å²) in [5.41, 5.74) is 4.27. The molecule has 1 aliphatic rings. The van der Waals surface area contributed by atoms with Gasteiger partial charge in [0, 0.05) is 11.7 Å². The molecule has 0 spiro atoms. The highest BCUT2D eigenvalue weighted by molar-refractivity contribution is 7.16. The third kappa shape index (κ3) is 2.37. The van der Waals surface area contributed by atoms with E-state index in [2.05, 4.69) is 42.3 Å². The Morgan fingerprint density at radius 1 is 1.22 bits per heavy atom. The highest BCUT2D eigenvalue weighted by Gasteiger charge is 2.24. The number of benzene rings is 1. The molecule has 1 aromatic carbocycles. The van der Waals surface area contributed by atoms with Gasteiger partial charge in [0.2, 0.25) is 0 Å². The van der Waals surface area contributed by atoms with Gasteiger partial charge in [0.25, 0.3) is 0 Å². The summed E-state index contributed by atoms with van der Waals surface area (Å²) in [6.07, 6.45) is 3.94. The van der Waals surface area contributed by atoms with Gasteiger partial charge in [-0.2, -0.15) is 0 Å². The van der Waals surface area contributed by atoms with Crippen molar-refractivity contribution in [1.29, 1.82) is 0 Å². The molecule has 3 atom stereocenters. The van der Waals surface area contributed by atoms with Crippen LogP contribution >= 0.6 is 11.3 Å². The average molecular weight is 260 g/mol. The standard InChI is InChI=1S/C15H20N2S/c1-10-3-4-12(7-11(10)2)17-13-5-6-14-15(8-13)18-9-16-14/h5-6,8-12,17H,3-4,7H2,1-2H3. The van der Waals surface area contributed by atoms with Crippen LogP contribution in [-0.2, 0) is 0 Å². The minimum absolute atomic E-state index is 0.640. The number of anilines is 1. The third-order valence-electron chi connectivity index (χ3n) is 4.30. The lowest BCUT2D eigenvalue weighted by Crippen LogP contribution is -2.30. The topological polar surface area (TPSA) is 24.9 Å². The van der Waals surface area contributed by atoms with E-state index in [4.69, 9.17) is 0 Å². The molecule has 0 radical (unpaired) electrons. The molecule has 1 aliphatic carbocycles. The number of fused-ring (bicyclic) bond motifs is 1. The summed E-state index contributed by atoms with van der Waals surface area (Å²) in [4.78, 5) is 4.32. The Kier molecular flexibility index (Phi) is 3.25. The van der Waals surface area contributed by atoms with Crippen molar-refractivity contribution in [3.8, 4) is 0 Å². The summed E-state index contributed by atoms with van der Waals surface area (Å²) in [5.74, 6) is 1.72. The number of hydrogen-bond acceptors (Lipinski definition) is 3. The summed E-state index contributed by atoms with van der Waals surface area (Å²) in [5, 5.41) is 3.69. The number of nitrogens with zero attached hydrogens (tertiary/aromatic N) is 1. The van der Waals surface area contributed by atoms with Crippen LogP contribution in [0.25, 0.3) is 10.2 Å². The van der Waals surface area contributed by atoms with Crippen molar-refractivity contribution < 1.29 is 0 Å². The molecule has 1 aromatic heterocycles. The van der Waals surface area contributed by atoms with Crippen LogP contribution < -0.4 is 5.32 Å². The molecule has 1 fully saturated rings. The van der Waals surface area contributed by atoms with E-state index in [9.17, 15) is 0 Å². The Labute approximate surface area is 112 Å². The zero-order valence-electron chi connectivity index (χ0n) is 11.0. The van der Waals surface area contributed by atoms with Gasteiger partial charge in [-0.05, 0) is 49.3 Å². The van der Waals surface area contributed by atoms with E-state index in [-0.39, 0.29) is 0 Å². The smallest absolute Gasteiger partial charge is 0.0813 e. The second kappa shape index (κ2) is 4.88. The van der Waals surface area contributed by atoms with Crippen LogP contribution in [0.1, 0.15) is 33.1 Å². The lowest BCUT2D eigenvalue weighted by molar-refractivity contribution is 0.261. The molecule has 2 aromatic rings. The molecule has 0 saturated heterocycles. The van der Waals surface area contributed by atoms with Crippen LogP contribution in [0.15, 0.2) is 23.7 Å². The fourth-order valence-electron chi connectivity index (χ4n) is 2.86. The van der Waals surface area contributed by atoms with Crippen LogP contribution in [-0.4, -0.2) is 11.0 Å². The molecule has 1 heterocycles. The summed E-state index contributed by atoms with van der Waals surface area (Å²) in [6.45, 7) is 4.76. The lowest BCUT2D eigenvalue weighted by atomic mass is 9.79. The Hall–Kier alpha value is -1.09. The maximum Gasteiger partial charge on any atom is 0.0813 e. The zero-order chi connectivity index (χ0) is 12.5. The molecule has 3 heteroatoms. The SMILES string of the molecule is CC1CCC(Nc2ccc3ncsc3c2)CC1C. The Balaban J connectivity index is 1.72. The number of hydrogen-bond donors (Lipinski definition) is 1. The number of thiazole rings is 1. The Morgan fingerprint density at radius 3 is 2.94 bits per heavy atom. The summed E-state index contributed by atoms with van der Waals surface area (Å²) < 4.78 is 1.28. The monoisotopic (exact) mass is 260 g/mol. The Morgan fingerprint density at radius 2 is 2.11 bits per heavy atom. The fraction of sp³-hybridized carbons (Fsp3) is 0.533. The van der Waals surface area contributed by atoms with Gasteiger partial charge in [0.1, 0.15) is 0 Å². The molecular formula is C15H20N2S. The van der Waals surface area contributed by atoms with Gasteiger partial charge in [0.15, 0.2) is 0 Å². The van der Waals surface area contributed by atoms with E-state index in [1.165, 1.54) is 29.6 Å². The summed E-state index contributed by atoms with van der Waals surface area (Å²) >= 11 is 1.71. The molecule has 3 rings (SSSR count). The summed E-state index contributed by atoms with van der Waals surface area (Å²) in [7, 11) is 0. The van der Waals surface area contributed by atoms with Crippen LogP contribution in [0.4, 0.5) is 5.69 Å². The van der Waals surface area contributed by atoms with Gasteiger partial charge in [-0.1, -0.05) is 13.8 Å². The Bertz CT molecular complexity index is 534.